The van der Waals surface area contributed by atoms with Gasteiger partial charge in [-0.3, -0.25) is 0 Å². The van der Waals surface area contributed by atoms with E-state index in [4.69, 9.17) is 14.2 Å². The lowest BCUT2D eigenvalue weighted by Crippen LogP contribution is -2.32. The lowest BCUT2D eigenvalue weighted by Gasteiger charge is -2.24. The van der Waals surface area contributed by atoms with Crippen LogP contribution < -0.4 is 0 Å². The summed E-state index contributed by atoms with van der Waals surface area (Å²) in [6, 6.07) is 0. The Hall–Kier alpha value is -0.120. The SMILES string of the molecule is CCOC(OCC)C1([C@H]2CO2)CC1. The van der Waals surface area contributed by atoms with Gasteiger partial charge in [-0.05, 0) is 26.7 Å². The van der Waals surface area contributed by atoms with Gasteiger partial charge in [0.15, 0.2) is 6.29 Å². The second-order valence-corrected chi connectivity index (χ2v) is 3.80. The lowest BCUT2D eigenvalue weighted by molar-refractivity contribution is -0.180. The molecule has 2 rings (SSSR count). The third-order valence-corrected chi connectivity index (χ3v) is 2.91. The summed E-state index contributed by atoms with van der Waals surface area (Å²) >= 11 is 0. The van der Waals surface area contributed by atoms with Gasteiger partial charge in [0.05, 0.1) is 12.7 Å². The maximum Gasteiger partial charge on any atom is 0.165 e. The van der Waals surface area contributed by atoms with Gasteiger partial charge < -0.3 is 14.2 Å². The summed E-state index contributed by atoms with van der Waals surface area (Å²) in [5.74, 6) is 0. The largest absolute Gasteiger partial charge is 0.372 e. The number of epoxide rings is 1. The molecular formula is C10H18O3. The predicted octanol–water partition coefficient (Wildman–Crippen LogP) is 1.56. The van der Waals surface area contributed by atoms with Gasteiger partial charge in [0.2, 0.25) is 0 Å². The molecule has 1 saturated heterocycles. The molecule has 1 atom stereocenters. The molecule has 1 heterocycles. The van der Waals surface area contributed by atoms with Crippen LogP contribution in [0.3, 0.4) is 0 Å². The van der Waals surface area contributed by atoms with E-state index >= 15 is 0 Å². The van der Waals surface area contributed by atoms with E-state index in [1.54, 1.807) is 0 Å². The summed E-state index contributed by atoms with van der Waals surface area (Å²) in [4.78, 5) is 0. The standard InChI is InChI=1S/C10H18O3/c1-3-11-9(12-4-2)10(5-6-10)8-7-13-8/h8-9H,3-7H2,1-2H3/t8-/m1/s1. The van der Waals surface area contributed by atoms with Crippen molar-refractivity contribution in [3.8, 4) is 0 Å². The second kappa shape index (κ2) is 3.56. The fraction of sp³-hybridized carbons (Fsp3) is 1.00. The smallest absolute Gasteiger partial charge is 0.165 e. The molecule has 76 valence electrons. The van der Waals surface area contributed by atoms with Gasteiger partial charge in [0.25, 0.3) is 0 Å². The summed E-state index contributed by atoms with van der Waals surface area (Å²) in [6.45, 7) is 6.36. The molecule has 2 fully saturated rings. The van der Waals surface area contributed by atoms with Crippen molar-refractivity contribution in [1.29, 1.82) is 0 Å². The Morgan fingerprint density at radius 1 is 1.31 bits per heavy atom. The summed E-state index contributed by atoms with van der Waals surface area (Å²) in [6.07, 6.45) is 2.77. The van der Waals surface area contributed by atoms with E-state index in [-0.39, 0.29) is 11.7 Å². The fourth-order valence-electron chi connectivity index (χ4n) is 1.92. The van der Waals surface area contributed by atoms with Gasteiger partial charge >= 0.3 is 0 Å². The first-order chi connectivity index (χ1) is 6.33. The molecule has 0 N–H and O–H groups in total. The van der Waals surface area contributed by atoms with E-state index in [2.05, 4.69) is 0 Å². The zero-order valence-corrected chi connectivity index (χ0v) is 8.41. The molecule has 1 aliphatic carbocycles. The van der Waals surface area contributed by atoms with E-state index in [0.29, 0.717) is 6.10 Å². The van der Waals surface area contributed by atoms with Crippen molar-refractivity contribution in [2.24, 2.45) is 5.41 Å². The molecule has 0 radical (unpaired) electrons. The highest BCUT2D eigenvalue weighted by molar-refractivity contribution is 5.06. The number of hydrogen-bond acceptors (Lipinski definition) is 3. The van der Waals surface area contributed by atoms with E-state index in [1.807, 2.05) is 13.8 Å². The molecule has 0 unspecified atom stereocenters. The highest BCUT2D eigenvalue weighted by Crippen LogP contribution is 2.57. The van der Waals surface area contributed by atoms with Crippen LogP contribution in [0.25, 0.3) is 0 Å². The highest BCUT2D eigenvalue weighted by Gasteiger charge is 2.61. The molecule has 0 aromatic rings. The van der Waals surface area contributed by atoms with E-state index in [0.717, 1.165) is 19.8 Å². The Morgan fingerprint density at radius 3 is 2.15 bits per heavy atom. The van der Waals surface area contributed by atoms with Crippen molar-refractivity contribution in [2.75, 3.05) is 19.8 Å². The quantitative estimate of drug-likeness (QED) is 0.466. The Balaban J connectivity index is 1.92. The molecule has 0 amide bonds. The Kier molecular flexibility index (Phi) is 2.58. The molecule has 2 aliphatic rings. The minimum absolute atomic E-state index is 0.0324. The monoisotopic (exact) mass is 186 g/mol. The zero-order valence-electron chi connectivity index (χ0n) is 8.41. The molecule has 1 saturated carbocycles. The minimum Gasteiger partial charge on any atom is -0.372 e. The zero-order chi connectivity index (χ0) is 9.31. The first-order valence-electron chi connectivity index (χ1n) is 5.18. The van der Waals surface area contributed by atoms with Crippen molar-refractivity contribution < 1.29 is 14.2 Å². The van der Waals surface area contributed by atoms with Crippen LogP contribution in [0.4, 0.5) is 0 Å². The normalized spacial score (nSPS) is 29.3. The van der Waals surface area contributed by atoms with Crippen LogP contribution in [-0.4, -0.2) is 32.2 Å². The molecule has 0 bridgehead atoms. The number of hydrogen-bond donors (Lipinski definition) is 0. The average molecular weight is 186 g/mol. The van der Waals surface area contributed by atoms with Gasteiger partial charge in [-0.2, -0.15) is 0 Å². The predicted molar refractivity (Wildman–Crippen MR) is 48.4 cm³/mol. The summed E-state index contributed by atoms with van der Waals surface area (Å²) in [5, 5.41) is 0. The first kappa shape index (κ1) is 9.44. The van der Waals surface area contributed by atoms with Crippen LogP contribution in [0, 0.1) is 5.41 Å². The number of rotatable bonds is 6. The van der Waals surface area contributed by atoms with Crippen LogP contribution in [0.1, 0.15) is 26.7 Å². The molecule has 13 heavy (non-hydrogen) atoms. The van der Waals surface area contributed by atoms with E-state index in [9.17, 15) is 0 Å². The maximum atomic E-state index is 5.61. The molecule has 0 aromatic heterocycles. The van der Waals surface area contributed by atoms with Gasteiger partial charge in [0, 0.05) is 18.6 Å². The van der Waals surface area contributed by atoms with Crippen molar-refractivity contribution in [2.45, 2.75) is 39.1 Å². The summed E-state index contributed by atoms with van der Waals surface area (Å²) in [5.41, 5.74) is 0.214. The molecular weight excluding hydrogens is 168 g/mol. The molecule has 1 aliphatic heterocycles. The third-order valence-electron chi connectivity index (χ3n) is 2.91. The van der Waals surface area contributed by atoms with Crippen LogP contribution in [-0.2, 0) is 14.2 Å². The van der Waals surface area contributed by atoms with Crippen LogP contribution in [0.2, 0.25) is 0 Å². The van der Waals surface area contributed by atoms with E-state index in [1.165, 1.54) is 12.8 Å². The lowest BCUT2D eigenvalue weighted by atomic mass is 10.0. The van der Waals surface area contributed by atoms with E-state index < -0.39 is 0 Å². The van der Waals surface area contributed by atoms with Crippen LogP contribution in [0.15, 0.2) is 0 Å². The molecule has 3 heteroatoms. The maximum absolute atomic E-state index is 5.61. The van der Waals surface area contributed by atoms with Crippen molar-refractivity contribution >= 4 is 0 Å². The number of ether oxygens (including phenoxy) is 3. The van der Waals surface area contributed by atoms with Crippen molar-refractivity contribution in [1.82, 2.24) is 0 Å². The van der Waals surface area contributed by atoms with Gasteiger partial charge in [-0.1, -0.05) is 0 Å². The molecule has 0 aromatic carbocycles. The summed E-state index contributed by atoms with van der Waals surface area (Å²) in [7, 11) is 0. The minimum atomic E-state index is -0.0324. The van der Waals surface area contributed by atoms with Gasteiger partial charge in [-0.15, -0.1) is 0 Å². The fourth-order valence-corrected chi connectivity index (χ4v) is 1.92. The van der Waals surface area contributed by atoms with Crippen molar-refractivity contribution in [3.05, 3.63) is 0 Å². The third kappa shape index (κ3) is 1.73. The van der Waals surface area contributed by atoms with Crippen molar-refractivity contribution in [3.63, 3.8) is 0 Å². The highest BCUT2D eigenvalue weighted by atomic mass is 16.7. The average Bonchev–Trinajstić information content (AvgIpc) is 2.97. The van der Waals surface area contributed by atoms with Gasteiger partial charge in [0.1, 0.15) is 0 Å². The van der Waals surface area contributed by atoms with Gasteiger partial charge in [-0.25, -0.2) is 0 Å². The molecule has 0 spiro atoms. The Bertz CT molecular complexity index is 167. The molecule has 3 nitrogen and oxygen atoms in total. The first-order valence-corrected chi connectivity index (χ1v) is 5.18. The second-order valence-electron chi connectivity index (χ2n) is 3.80. The van der Waals surface area contributed by atoms with Crippen LogP contribution in [0.5, 0.6) is 0 Å². The summed E-state index contributed by atoms with van der Waals surface area (Å²) < 4.78 is 16.6. The Labute approximate surface area is 79.4 Å². The Morgan fingerprint density at radius 2 is 1.85 bits per heavy atom. The topological polar surface area (TPSA) is 31.0 Å². The van der Waals surface area contributed by atoms with Crippen LogP contribution >= 0.6 is 0 Å².